The summed E-state index contributed by atoms with van der Waals surface area (Å²) in [5, 5.41) is 0. The van der Waals surface area contributed by atoms with Crippen molar-refractivity contribution < 1.29 is 9.53 Å². The summed E-state index contributed by atoms with van der Waals surface area (Å²) in [4.78, 5) is 11.2. The Kier molecular flexibility index (Phi) is 3.71. The molecular weight excluding hydrogens is 226 g/mol. The fourth-order valence-corrected chi connectivity index (χ4v) is 2.34. The van der Waals surface area contributed by atoms with Crippen molar-refractivity contribution in [1.82, 2.24) is 0 Å². The zero-order chi connectivity index (χ0) is 13.2. The van der Waals surface area contributed by atoms with Crippen molar-refractivity contribution in [3.05, 3.63) is 29.8 Å². The molecule has 1 aliphatic rings. The van der Waals surface area contributed by atoms with Gasteiger partial charge in [-0.3, -0.25) is 4.79 Å². The Morgan fingerprint density at radius 3 is 2.33 bits per heavy atom. The first-order valence-corrected chi connectivity index (χ1v) is 6.51. The second-order valence-electron chi connectivity index (χ2n) is 5.61. The van der Waals surface area contributed by atoms with Crippen LogP contribution in [0.1, 0.15) is 32.3 Å². The van der Waals surface area contributed by atoms with Crippen LogP contribution in [0, 0.1) is 5.92 Å². The predicted molar refractivity (Wildman–Crippen MR) is 71.7 cm³/mol. The topological polar surface area (TPSA) is 52.3 Å². The molecule has 98 valence electrons. The van der Waals surface area contributed by atoms with E-state index < -0.39 is 0 Å². The minimum atomic E-state index is -0.117. The number of carbonyl (C=O) groups excluding carboxylic acids is 1. The van der Waals surface area contributed by atoms with Gasteiger partial charge in [0.1, 0.15) is 11.5 Å². The van der Waals surface area contributed by atoms with E-state index in [1.807, 2.05) is 24.3 Å². The van der Waals surface area contributed by atoms with Crippen molar-refractivity contribution in [2.75, 3.05) is 13.2 Å². The molecule has 0 radical (unpaired) electrons. The van der Waals surface area contributed by atoms with Gasteiger partial charge >= 0.3 is 0 Å². The second-order valence-corrected chi connectivity index (χ2v) is 5.61. The van der Waals surface area contributed by atoms with Gasteiger partial charge in [-0.1, -0.05) is 26.0 Å². The number of ketones is 1. The molecule has 0 amide bonds. The average molecular weight is 247 g/mol. The Morgan fingerprint density at radius 1 is 1.28 bits per heavy atom. The number of ether oxygens (including phenoxy) is 1. The maximum absolute atomic E-state index is 11.2. The van der Waals surface area contributed by atoms with E-state index in [1.54, 1.807) is 0 Å². The number of Topliss-reactive ketones (excluding diaryl/α,β-unsaturated/α-hetero) is 1. The van der Waals surface area contributed by atoms with Gasteiger partial charge in [0, 0.05) is 24.8 Å². The average Bonchev–Trinajstić information content (AvgIpc) is 2.33. The quantitative estimate of drug-likeness (QED) is 0.868. The van der Waals surface area contributed by atoms with Gasteiger partial charge in [0.15, 0.2) is 0 Å². The monoisotopic (exact) mass is 247 g/mol. The third-order valence-corrected chi connectivity index (χ3v) is 3.51. The van der Waals surface area contributed by atoms with Crippen LogP contribution in [0.2, 0.25) is 0 Å². The van der Waals surface area contributed by atoms with Gasteiger partial charge < -0.3 is 10.5 Å². The molecule has 0 aromatic heterocycles. The van der Waals surface area contributed by atoms with E-state index in [0.717, 1.165) is 17.9 Å². The van der Waals surface area contributed by atoms with Crippen molar-refractivity contribution in [2.24, 2.45) is 11.7 Å². The number of hydrogen-bond donors (Lipinski definition) is 1. The molecule has 3 heteroatoms. The maximum atomic E-state index is 11.2. The van der Waals surface area contributed by atoms with E-state index >= 15 is 0 Å². The minimum absolute atomic E-state index is 0.117. The Hall–Kier alpha value is -1.35. The summed E-state index contributed by atoms with van der Waals surface area (Å²) in [6, 6.07) is 8.01. The zero-order valence-electron chi connectivity index (χ0n) is 11.1. The zero-order valence-corrected chi connectivity index (χ0v) is 11.1. The lowest BCUT2D eigenvalue weighted by Gasteiger charge is -2.40. The first-order valence-electron chi connectivity index (χ1n) is 6.51. The molecule has 18 heavy (non-hydrogen) atoms. The fraction of sp³-hybridized carbons (Fsp3) is 0.533. The summed E-state index contributed by atoms with van der Waals surface area (Å²) < 4.78 is 5.64. The van der Waals surface area contributed by atoms with Crippen LogP contribution in [0.3, 0.4) is 0 Å². The van der Waals surface area contributed by atoms with Crippen LogP contribution < -0.4 is 10.5 Å². The lowest BCUT2D eigenvalue weighted by molar-refractivity contribution is -0.128. The Bertz CT molecular complexity index is 415. The smallest absolute Gasteiger partial charge is 0.134 e. The first-order chi connectivity index (χ1) is 8.55. The molecule has 1 aliphatic carbocycles. The Balaban J connectivity index is 2.05. The number of benzene rings is 1. The van der Waals surface area contributed by atoms with Gasteiger partial charge in [0.05, 0.1) is 6.61 Å². The minimum Gasteiger partial charge on any atom is -0.493 e. The van der Waals surface area contributed by atoms with Crippen molar-refractivity contribution in [3.63, 3.8) is 0 Å². The van der Waals surface area contributed by atoms with Crippen LogP contribution in [-0.2, 0) is 10.2 Å². The normalized spacial score (nSPS) is 17.7. The van der Waals surface area contributed by atoms with Gasteiger partial charge in [-0.2, -0.15) is 0 Å². The highest BCUT2D eigenvalue weighted by Crippen LogP contribution is 2.40. The highest BCUT2D eigenvalue weighted by Gasteiger charge is 2.43. The number of rotatable bonds is 5. The fourth-order valence-electron chi connectivity index (χ4n) is 2.34. The number of hydrogen-bond acceptors (Lipinski definition) is 3. The summed E-state index contributed by atoms with van der Waals surface area (Å²) in [6.45, 7) is 5.50. The summed E-state index contributed by atoms with van der Waals surface area (Å²) >= 11 is 0. The van der Waals surface area contributed by atoms with E-state index in [0.29, 0.717) is 31.1 Å². The molecule has 0 saturated heterocycles. The highest BCUT2D eigenvalue weighted by atomic mass is 16.5. The second kappa shape index (κ2) is 5.11. The molecule has 2 rings (SSSR count). The molecule has 0 unspecified atom stereocenters. The van der Waals surface area contributed by atoms with E-state index in [2.05, 4.69) is 13.8 Å². The molecule has 1 aromatic rings. The lowest BCUT2D eigenvalue weighted by atomic mass is 9.64. The summed E-state index contributed by atoms with van der Waals surface area (Å²) in [5.74, 6) is 1.70. The number of nitrogens with two attached hydrogens (primary N) is 1. The Morgan fingerprint density at radius 2 is 1.89 bits per heavy atom. The molecular formula is C15H21NO2. The third-order valence-electron chi connectivity index (χ3n) is 3.51. The summed E-state index contributed by atoms with van der Waals surface area (Å²) in [7, 11) is 0. The van der Waals surface area contributed by atoms with Gasteiger partial charge in [-0.25, -0.2) is 0 Å². The van der Waals surface area contributed by atoms with Crippen LogP contribution >= 0.6 is 0 Å². The molecule has 3 nitrogen and oxygen atoms in total. The molecule has 0 atom stereocenters. The standard InChI is InChI=1S/C15H21NO2/c1-11(2)9-18-14-5-3-12(4-6-14)15(10-16)7-13(17)8-15/h3-6,11H,7-10,16H2,1-2H3. The van der Waals surface area contributed by atoms with E-state index in [9.17, 15) is 4.79 Å². The van der Waals surface area contributed by atoms with Crippen LogP contribution in [0.4, 0.5) is 0 Å². The van der Waals surface area contributed by atoms with E-state index in [1.165, 1.54) is 0 Å². The van der Waals surface area contributed by atoms with Crippen LogP contribution in [0.25, 0.3) is 0 Å². The molecule has 1 aromatic carbocycles. The largest absolute Gasteiger partial charge is 0.493 e. The van der Waals surface area contributed by atoms with Crippen LogP contribution in [0.5, 0.6) is 5.75 Å². The van der Waals surface area contributed by atoms with Crippen molar-refractivity contribution in [1.29, 1.82) is 0 Å². The highest BCUT2D eigenvalue weighted by molar-refractivity contribution is 5.88. The molecule has 1 fully saturated rings. The van der Waals surface area contributed by atoms with Crippen molar-refractivity contribution >= 4 is 5.78 Å². The Labute approximate surface area is 108 Å². The first kappa shape index (κ1) is 13.1. The van der Waals surface area contributed by atoms with E-state index in [-0.39, 0.29) is 5.41 Å². The van der Waals surface area contributed by atoms with E-state index in [4.69, 9.17) is 10.5 Å². The molecule has 0 aliphatic heterocycles. The summed E-state index contributed by atoms with van der Waals surface area (Å²) in [5.41, 5.74) is 6.85. The molecule has 0 heterocycles. The van der Waals surface area contributed by atoms with Crippen LogP contribution in [-0.4, -0.2) is 18.9 Å². The predicted octanol–water partition coefficient (Wildman–Crippen LogP) is 2.28. The number of carbonyl (C=O) groups is 1. The SMILES string of the molecule is CC(C)COc1ccc(C2(CN)CC(=O)C2)cc1. The van der Waals surface area contributed by atoms with Crippen molar-refractivity contribution in [3.8, 4) is 5.75 Å². The van der Waals surface area contributed by atoms with Gasteiger partial charge in [-0.15, -0.1) is 0 Å². The molecule has 0 spiro atoms. The van der Waals surface area contributed by atoms with Gasteiger partial charge in [-0.05, 0) is 23.6 Å². The van der Waals surface area contributed by atoms with Gasteiger partial charge in [0.2, 0.25) is 0 Å². The maximum Gasteiger partial charge on any atom is 0.134 e. The lowest BCUT2D eigenvalue weighted by Crippen LogP contribution is -2.47. The third kappa shape index (κ3) is 2.56. The van der Waals surface area contributed by atoms with Gasteiger partial charge in [0.25, 0.3) is 0 Å². The molecule has 1 saturated carbocycles. The van der Waals surface area contributed by atoms with Crippen LogP contribution in [0.15, 0.2) is 24.3 Å². The summed E-state index contributed by atoms with van der Waals surface area (Å²) in [6.07, 6.45) is 1.16. The molecule has 2 N–H and O–H groups in total. The van der Waals surface area contributed by atoms with Crippen molar-refractivity contribution in [2.45, 2.75) is 32.1 Å². The molecule has 0 bridgehead atoms.